The average molecular weight is 244 g/mol. The lowest BCUT2D eigenvalue weighted by Gasteiger charge is -2.11. The maximum absolute atomic E-state index is 13.7. The molecule has 0 saturated heterocycles. The number of para-hydroxylation sites is 1. The number of rotatable bonds is 3. The zero-order valence-corrected chi connectivity index (χ0v) is 10.2. The van der Waals surface area contributed by atoms with Gasteiger partial charge in [-0.15, -0.1) is 0 Å². The monoisotopic (exact) mass is 244 g/mol. The van der Waals surface area contributed by atoms with Crippen molar-refractivity contribution in [3.05, 3.63) is 58.9 Å². The molecule has 0 saturated carbocycles. The number of carbonyl (C=O) groups is 1. The summed E-state index contributed by atoms with van der Waals surface area (Å²) in [4.78, 5) is 10.9. The summed E-state index contributed by atoms with van der Waals surface area (Å²) in [5.74, 6) is -0.00935. The minimum Gasteiger partial charge on any atom is -0.453 e. The number of halogens is 1. The average Bonchev–Trinajstić information content (AvgIpc) is 2.36. The van der Waals surface area contributed by atoms with Crippen LogP contribution in [0.2, 0.25) is 0 Å². The van der Waals surface area contributed by atoms with Crippen molar-refractivity contribution in [2.45, 2.75) is 13.8 Å². The first kappa shape index (κ1) is 12.3. The Labute approximate surface area is 105 Å². The summed E-state index contributed by atoms with van der Waals surface area (Å²) in [6.45, 7) is 3.80. The van der Waals surface area contributed by atoms with Crippen molar-refractivity contribution in [3.63, 3.8) is 0 Å². The van der Waals surface area contributed by atoms with Crippen LogP contribution in [-0.4, -0.2) is 6.29 Å². The van der Waals surface area contributed by atoms with Crippen LogP contribution in [0.4, 0.5) is 4.39 Å². The summed E-state index contributed by atoms with van der Waals surface area (Å²) in [7, 11) is 0. The molecule has 0 aliphatic heterocycles. The Balaban J connectivity index is 2.45. The second-order valence-corrected chi connectivity index (χ2v) is 4.15. The molecule has 0 bridgehead atoms. The van der Waals surface area contributed by atoms with Crippen LogP contribution in [0.25, 0.3) is 0 Å². The van der Waals surface area contributed by atoms with E-state index >= 15 is 0 Å². The molecule has 0 aromatic heterocycles. The van der Waals surface area contributed by atoms with Crippen LogP contribution in [0.3, 0.4) is 0 Å². The number of ether oxygens (including phenoxy) is 1. The Morgan fingerprint density at radius 1 is 1.17 bits per heavy atom. The maximum atomic E-state index is 13.7. The number of hydrogen-bond acceptors (Lipinski definition) is 2. The number of aldehydes is 1. The van der Waals surface area contributed by atoms with Gasteiger partial charge in [-0.1, -0.05) is 18.2 Å². The molecule has 2 aromatic rings. The number of carbonyl (C=O) groups excluding carboxylic acids is 1. The SMILES string of the molecule is Cc1ccc(C)c(Oc2c(F)cccc2C=O)c1. The van der Waals surface area contributed by atoms with Crippen molar-refractivity contribution in [3.8, 4) is 11.5 Å². The molecular formula is C15H13FO2. The lowest BCUT2D eigenvalue weighted by molar-refractivity contribution is 0.112. The molecule has 0 spiro atoms. The Morgan fingerprint density at radius 3 is 2.67 bits per heavy atom. The van der Waals surface area contributed by atoms with Gasteiger partial charge in [-0.05, 0) is 43.2 Å². The van der Waals surface area contributed by atoms with Gasteiger partial charge in [0.25, 0.3) is 0 Å². The van der Waals surface area contributed by atoms with E-state index in [2.05, 4.69) is 0 Å². The first-order valence-corrected chi connectivity index (χ1v) is 5.60. The highest BCUT2D eigenvalue weighted by atomic mass is 19.1. The fourth-order valence-electron chi connectivity index (χ4n) is 1.65. The summed E-state index contributed by atoms with van der Waals surface area (Å²) in [5, 5.41) is 0. The molecule has 0 atom stereocenters. The first-order valence-electron chi connectivity index (χ1n) is 5.60. The van der Waals surface area contributed by atoms with Crippen molar-refractivity contribution >= 4 is 6.29 Å². The molecule has 0 fully saturated rings. The van der Waals surface area contributed by atoms with Gasteiger partial charge >= 0.3 is 0 Å². The van der Waals surface area contributed by atoms with E-state index in [4.69, 9.17) is 4.74 Å². The third kappa shape index (κ3) is 2.40. The van der Waals surface area contributed by atoms with Crippen molar-refractivity contribution in [2.24, 2.45) is 0 Å². The number of benzene rings is 2. The summed E-state index contributed by atoms with van der Waals surface area (Å²) < 4.78 is 19.2. The van der Waals surface area contributed by atoms with Crippen LogP contribution in [0.15, 0.2) is 36.4 Å². The maximum Gasteiger partial charge on any atom is 0.173 e. The fourth-order valence-corrected chi connectivity index (χ4v) is 1.65. The van der Waals surface area contributed by atoms with Gasteiger partial charge in [0.2, 0.25) is 0 Å². The second kappa shape index (κ2) is 5.00. The van der Waals surface area contributed by atoms with E-state index in [1.165, 1.54) is 18.2 Å². The molecule has 0 heterocycles. The minimum atomic E-state index is -0.541. The summed E-state index contributed by atoms with van der Waals surface area (Å²) >= 11 is 0. The molecule has 2 nitrogen and oxygen atoms in total. The Morgan fingerprint density at radius 2 is 1.94 bits per heavy atom. The third-order valence-corrected chi connectivity index (χ3v) is 2.68. The van der Waals surface area contributed by atoms with Crippen LogP contribution in [0.5, 0.6) is 11.5 Å². The van der Waals surface area contributed by atoms with Gasteiger partial charge in [-0.25, -0.2) is 4.39 Å². The molecular weight excluding hydrogens is 231 g/mol. The molecule has 0 aliphatic carbocycles. The van der Waals surface area contributed by atoms with Crippen LogP contribution < -0.4 is 4.74 Å². The van der Waals surface area contributed by atoms with E-state index < -0.39 is 5.82 Å². The highest BCUT2D eigenvalue weighted by molar-refractivity contribution is 5.79. The largest absolute Gasteiger partial charge is 0.453 e. The van der Waals surface area contributed by atoms with Crippen LogP contribution in [0.1, 0.15) is 21.5 Å². The topological polar surface area (TPSA) is 26.3 Å². The van der Waals surface area contributed by atoms with Gasteiger partial charge in [-0.2, -0.15) is 0 Å². The molecule has 18 heavy (non-hydrogen) atoms. The smallest absolute Gasteiger partial charge is 0.173 e. The predicted octanol–water partition coefficient (Wildman–Crippen LogP) is 4.05. The first-order chi connectivity index (χ1) is 8.61. The van der Waals surface area contributed by atoms with E-state index in [1.807, 2.05) is 32.0 Å². The molecule has 0 aliphatic rings. The van der Waals surface area contributed by atoms with Gasteiger partial charge in [-0.3, -0.25) is 4.79 Å². The minimum absolute atomic E-state index is 0.0267. The van der Waals surface area contributed by atoms with Gasteiger partial charge < -0.3 is 4.74 Å². The van der Waals surface area contributed by atoms with Gasteiger partial charge in [0.15, 0.2) is 17.9 Å². The summed E-state index contributed by atoms with van der Waals surface area (Å²) in [6, 6.07) is 9.94. The Bertz CT molecular complexity index is 591. The van der Waals surface area contributed by atoms with Crippen LogP contribution in [0, 0.1) is 19.7 Å². The van der Waals surface area contributed by atoms with Gasteiger partial charge in [0.1, 0.15) is 5.75 Å². The van der Waals surface area contributed by atoms with Gasteiger partial charge in [0, 0.05) is 0 Å². The highest BCUT2D eigenvalue weighted by Crippen LogP contribution is 2.30. The van der Waals surface area contributed by atoms with E-state index in [0.717, 1.165) is 11.1 Å². The fraction of sp³-hybridized carbons (Fsp3) is 0.133. The number of aryl methyl sites for hydroxylation is 2. The normalized spacial score (nSPS) is 10.2. The summed E-state index contributed by atoms with van der Waals surface area (Å²) in [6.07, 6.45) is 0.587. The zero-order valence-electron chi connectivity index (χ0n) is 10.2. The van der Waals surface area contributed by atoms with E-state index in [-0.39, 0.29) is 11.3 Å². The molecule has 0 amide bonds. The van der Waals surface area contributed by atoms with Crippen molar-refractivity contribution < 1.29 is 13.9 Å². The standard InChI is InChI=1S/C15H13FO2/c1-10-6-7-11(2)14(8-10)18-15-12(9-17)4-3-5-13(15)16/h3-9H,1-2H3. The van der Waals surface area contributed by atoms with Crippen molar-refractivity contribution in [1.29, 1.82) is 0 Å². The predicted molar refractivity (Wildman–Crippen MR) is 67.8 cm³/mol. The number of hydrogen-bond donors (Lipinski definition) is 0. The molecule has 0 unspecified atom stereocenters. The summed E-state index contributed by atoms with van der Waals surface area (Å²) in [5.41, 5.74) is 2.11. The quantitative estimate of drug-likeness (QED) is 0.761. The molecule has 2 aromatic carbocycles. The lowest BCUT2D eigenvalue weighted by atomic mass is 10.1. The molecule has 2 rings (SSSR count). The van der Waals surface area contributed by atoms with Crippen LogP contribution in [-0.2, 0) is 0 Å². The molecule has 92 valence electrons. The lowest BCUT2D eigenvalue weighted by Crippen LogP contribution is -1.95. The van der Waals surface area contributed by atoms with Crippen molar-refractivity contribution in [1.82, 2.24) is 0 Å². The molecule has 3 heteroatoms. The molecule has 0 radical (unpaired) electrons. The third-order valence-electron chi connectivity index (χ3n) is 2.68. The Hall–Kier alpha value is -2.16. The van der Waals surface area contributed by atoms with E-state index in [1.54, 1.807) is 0 Å². The van der Waals surface area contributed by atoms with E-state index in [9.17, 15) is 9.18 Å². The molecule has 0 N–H and O–H groups in total. The zero-order chi connectivity index (χ0) is 13.1. The van der Waals surface area contributed by atoms with Crippen LogP contribution >= 0.6 is 0 Å². The van der Waals surface area contributed by atoms with Crippen molar-refractivity contribution in [2.75, 3.05) is 0 Å². The highest BCUT2D eigenvalue weighted by Gasteiger charge is 2.11. The second-order valence-electron chi connectivity index (χ2n) is 4.15. The Kier molecular flexibility index (Phi) is 3.42. The van der Waals surface area contributed by atoms with E-state index in [0.29, 0.717) is 12.0 Å². The van der Waals surface area contributed by atoms with Gasteiger partial charge in [0.05, 0.1) is 5.56 Å².